The number of piperidine rings is 1. The van der Waals surface area contributed by atoms with Crippen LogP contribution in [0, 0.1) is 5.92 Å². The second-order valence-corrected chi connectivity index (χ2v) is 8.74. The number of likely N-dealkylation sites (N-methyl/N-ethyl adjacent to an activating group) is 1. The summed E-state index contributed by atoms with van der Waals surface area (Å²) in [5, 5.41) is 0. The van der Waals surface area contributed by atoms with E-state index >= 15 is 0 Å². The number of benzene rings is 1. The van der Waals surface area contributed by atoms with Crippen molar-refractivity contribution < 1.29 is 9.53 Å². The first-order chi connectivity index (χ1) is 13.4. The highest BCUT2D eigenvalue weighted by Gasteiger charge is 2.54. The van der Waals surface area contributed by atoms with Gasteiger partial charge in [-0.25, -0.2) is 0 Å². The Bertz CT molecular complexity index is 1040. The van der Waals surface area contributed by atoms with Crippen molar-refractivity contribution in [1.82, 2.24) is 9.88 Å². The van der Waals surface area contributed by atoms with E-state index in [9.17, 15) is 9.59 Å². The number of carbonyl (C=O) groups excluding carboxylic acids is 1. The molecule has 3 atom stereocenters. The zero-order valence-electron chi connectivity index (χ0n) is 16.7. The Hall–Kier alpha value is -2.40. The van der Waals surface area contributed by atoms with Crippen molar-refractivity contribution >= 4 is 5.78 Å². The number of nitrogens with one attached hydrogen (secondary N) is 1. The maximum Gasteiger partial charge on any atom is 0.259 e. The molecule has 2 bridgehead atoms. The Morgan fingerprint density at radius 1 is 1.25 bits per heavy atom. The number of Topliss-reactive ketones (excluding diaryl/α,β-unsaturated/α-hetero) is 1. The molecule has 0 amide bonds. The Morgan fingerprint density at radius 2 is 2.07 bits per heavy atom. The molecule has 2 aromatic rings. The zero-order chi connectivity index (χ0) is 19.6. The fraction of sp³-hybridized carbons (Fsp3) is 0.478. The van der Waals surface area contributed by atoms with Gasteiger partial charge < -0.3 is 14.6 Å². The SMILES string of the molecule is COc1ccc2c(c1)[C@]13CCN(C)[C@H](C2)[C@@H]1Cc1cc(C(C)=O)c(=O)[nH]c1C3. The molecule has 1 fully saturated rings. The van der Waals surface area contributed by atoms with Gasteiger partial charge in [-0.05, 0) is 87.0 Å². The molecular weight excluding hydrogens is 352 g/mol. The van der Waals surface area contributed by atoms with Gasteiger partial charge in [0.15, 0.2) is 5.78 Å². The quantitative estimate of drug-likeness (QED) is 0.816. The molecule has 1 aromatic carbocycles. The van der Waals surface area contributed by atoms with Gasteiger partial charge in [-0.1, -0.05) is 6.07 Å². The maximum atomic E-state index is 12.5. The molecule has 0 spiro atoms. The lowest BCUT2D eigenvalue weighted by Gasteiger charge is -2.58. The molecule has 28 heavy (non-hydrogen) atoms. The summed E-state index contributed by atoms with van der Waals surface area (Å²) in [5.74, 6) is 1.21. The molecule has 0 saturated carbocycles. The molecule has 3 aliphatic rings. The van der Waals surface area contributed by atoms with Crippen LogP contribution < -0.4 is 10.3 Å². The lowest BCUT2D eigenvalue weighted by Crippen LogP contribution is -2.61. The van der Waals surface area contributed by atoms with Crippen LogP contribution >= 0.6 is 0 Å². The number of pyridine rings is 1. The Labute approximate surface area is 164 Å². The summed E-state index contributed by atoms with van der Waals surface area (Å²) in [5.41, 5.74) is 4.98. The summed E-state index contributed by atoms with van der Waals surface area (Å²) < 4.78 is 5.54. The number of methoxy groups -OCH3 is 1. The molecule has 5 nitrogen and oxygen atoms in total. The fourth-order valence-electron chi connectivity index (χ4n) is 6.00. The lowest BCUT2D eigenvalue weighted by molar-refractivity contribution is 0.0233. The second-order valence-electron chi connectivity index (χ2n) is 8.74. The minimum atomic E-state index is -0.257. The number of likely N-dealkylation sites (tertiary alicyclic amines) is 1. The highest BCUT2D eigenvalue weighted by atomic mass is 16.5. The van der Waals surface area contributed by atoms with E-state index in [1.807, 2.05) is 6.07 Å². The van der Waals surface area contributed by atoms with Crippen molar-refractivity contribution in [3.05, 3.63) is 62.6 Å². The summed E-state index contributed by atoms with van der Waals surface area (Å²) >= 11 is 0. The minimum absolute atomic E-state index is 0.0208. The number of ketones is 1. The van der Waals surface area contributed by atoms with E-state index in [1.54, 1.807) is 7.11 Å². The summed E-state index contributed by atoms with van der Waals surface area (Å²) in [4.78, 5) is 29.9. The van der Waals surface area contributed by atoms with Crippen LogP contribution in [0.15, 0.2) is 29.1 Å². The molecule has 2 heterocycles. The number of rotatable bonds is 2. The van der Waals surface area contributed by atoms with Crippen molar-refractivity contribution in [3.63, 3.8) is 0 Å². The minimum Gasteiger partial charge on any atom is -0.497 e. The summed E-state index contributed by atoms with van der Waals surface area (Å²) in [6.07, 6.45) is 3.84. The van der Waals surface area contributed by atoms with Gasteiger partial charge in [-0.15, -0.1) is 0 Å². The van der Waals surface area contributed by atoms with Crippen molar-refractivity contribution in [2.45, 2.75) is 44.1 Å². The lowest BCUT2D eigenvalue weighted by atomic mass is 9.52. The number of hydrogen-bond acceptors (Lipinski definition) is 4. The number of ether oxygens (including phenoxy) is 1. The third kappa shape index (κ3) is 2.35. The monoisotopic (exact) mass is 378 g/mol. The van der Waals surface area contributed by atoms with E-state index in [2.05, 4.69) is 35.1 Å². The number of aromatic amines is 1. The van der Waals surface area contributed by atoms with Crippen molar-refractivity contribution in [2.75, 3.05) is 20.7 Å². The smallest absolute Gasteiger partial charge is 0.259 e. The number of hydrogen-bond donors (Lipinski definition) is 1. The van der Waals surface area contributed by atoms with Crippen LogP contribution in [0.5, 0.6) is 5.75 Å². The summed E-state index contributed by atoms with van der Waals surface area (Å²) in [6.45, 7) is 2.52. The number of H-pyrrole nitrogens is 1. The average molecular weight is 378 g/mol. The molecule has 146 valence electrons. The van der Waals surface area contributed by atoms with Crippen molar-refractivity contribution in [2.24, 2.45) is 5.92 Å². The average Bonchev–Trinajstić information content (AvgIpc) is 2.68. The third-order valence-corrected chi connectivity index (χ3v) is 7.46. The van der Waals surface area contributed by atoms with E-state index in [-0.39, 0.29) is 22.3 Å². The van der Waals surface area contributed by atoms with E-state index in [0.29, 0.717) is 12.0 Å². The van der Waals surface area contributed by atoms with Crippen LogP contribution in [-0.2, 0) is 24.7 Å². The normalized spacial score (nSPS) is 28.1. The molecule has 2 aliphatic carbocycles. The Kier molecular flexibility index (Phi) is 3.82. The second kappa shape index (κ2) is 6.05. The van der Waals surface area contributed by atoms with E-state index in [4.69, 9.17) is 4.74 Å². The summed E-state index contributed by atoms with van der Waals surface area (Å²) in [6, 6.07) is 8.83. The van der Waals surface area contributed by atoms with Gasteiger partial charge in [0.25, 0.3) is 5.56 Å². The molecule has 1 aliphatic heterocycles. The first kappa shape index (κ1) is 17.7. The summed E-state index contributed by atoms with van der Waals surface area (Å²) in [7, 11) is 3.95. The number of aromatic nitrogens is 1. The molecule has 1 aromatic heterocycles. The van der Waals surface area contributed by atoms with Crippen LogP contribution in [0.25, 0.3) is 0 Å². The van der Waals surface area contributed by atoms with Gasteiger partial charge in [0.2, 0.25) is 0 Å². The Morgan fingerprint density at radius 3 is 2.82 bits per heavy atom. The zero-order valence-corrected chi connectivity index (χ0v) is 16.7. The molecule has 1 saturated heterocycles. The molecule has 0 unspecified atom stereocenters. The van der Waals surface area contributed by atoms with Gasteiger partial charge in [-0.3, -0.25) is 9.59 Å². The van der Waals surface area contributed by atoms with Crippen LogP contribution in [0.2, 0.25) is 0 Å². The first-order valence-electron chi connectivity index (χ1n) is 10.1. The predicted octanol–water partition coefficient (Wildman–Crippen LogP) is 2.50. The van der Waals surface area contributed by atoms with Crippen molar-refractivity contribution in [1.29, 1.82) is 0 Å². The van der Waals surface area contributed by atoms with E-state index < -0.39 is 0 Å². The topological polar surface area (TPSA) is 62.4 Å². The number of carbonyl (C=O) groups is 1. The van der Waals surface area contributed by atoms with Crippen LogP contribution in [0.3, 0.4) is 0 Å². The fourth-order valence-corrected chi connectivity index (χ4v) is 6.00. The van der Waals surface area contributed by atoms with E-state index in [0.717, 1.165) is 49.2 Å². The van der Waals surface area contributed by atoms with E-state index in [1.165, 1.54) is 18.1 Å². The number of fused-ring (bicyclic) bond motifs is 2. The molecule has 5 heteroatoms. The highest BCUT2D eigenvalue weighted by molar-refractivity contribution is 5.93. The molecular formula is C23H26N2O3. The van der Waals surface area contributed by atoms with Crippen LogP contribution in [0.1, 0.15) is 46.1 Å². The largest absolute Gasteiger partial charge is 0.497 e. The van der Waals surface area contributed by atoms with Gasteiger partial charge in [0.1, 0.15) is 5.75 Å². The number of nitrogens with zero attached hydrogens (tertiary/aromatic N) is 1. The van der Waals surface area contributed by atoms with Crippen LogP contribution in [-0.4, -0.2) is 42.4 Å². The predicted molar refractivity (Wildman–Crippen MR) is 107 cm³/mol. The molecule has 5 rings (SSSR count). The standard InChI is InChI=1S/C23H26N2O3/c1-13(26)17-8-15-9-19-21-10-14-4-5-16(28-3)11-18(14)23(19,6-7-25(21)2)12-20(15)24-22(17)27/h4-5,8,11,19,21H,6-7,9-10,12H2,1-3H3,(H,24,27)/t19-,21+,23+/m0/s1. The first-order valence-corrected chi connectivity index (χ1v) is 10.1. The van der Waals surface area contributed by atoms with Gasteiger partial charge in [0, 0.05) is 17.2 Å². The van der Waals surface area contributed by atoms with Crippen molar-refractivity contribution in [3.8, 4) is 5.75 Å². The highest BCUT2D eigenvalue weighted by Crippen LogP contribution is 2.54. The maximum absolute atomic E-state index is 12.5. The molecule has 1 N–H and O–H groups in total. The molecule has 0 radical (unpaired) electrons. The third-order valence-electron chi connectivity index (χ3n) is 7.46. The van der Waals surface area contributed by atoms with Crippen LogP contribution in [0.4, 0.5) is 0 Å². The Balaban J connectivity index is 1.71. The van der Waals surface area contributed by atoms with Gasteiger partial charge in [-0.2, -0.15) is 0 Å². The van der Waals surface area contributed by atoms with Gasteiger partial charge in [0.05, 0.1) is 12.7 Å². The van der Waals surface area contributed by atoms with Gasteiger partial charge >= 0.3 is 0 Å².